The molecular weight excluding hydrogens is 316 g/mol. The molecule has 3 rings (SSSR count). The van der Waals surface area contributed by atoms with Gasteiger partial charge in [0.1, 0.15) is 5.69 Å². The molecule has 5 heteroatoms. The Balaban J connectivity index is 1.60. The number of oxazole rings is 1. The van der Waals surface area contributed by atoms with Crippen LogP contribution < -0.4 is 0 Å². The highest BCUT2D eigenvalue weighted by Crippen LogP contribution is 2.24. The molecule has 0 saturated carbocycles. The van der Waals surface area contributed by atoms with Gasteiger partial charge < -0.3 is 9.15 Å². The highest BCUT2D eigenvalue weighted by Gasteiger charge is 2.23. The van der Waals surface area contributed by atoms with Crippen molar-refractivity contribution >= 4 is 5.78 Å². The van der Waals surface area contributed by atoms with Gasteiger partial charge in [-0.3, -0.25) is 9.78 Å². The number of ketones is 1. The molecule has 0 saturated heterocycles. The smallest absolute Gasteiger partial charge is 0.231 e. The normalized spacial score (nSPS) is 12.0. The van der Waals surface area contributed by atoms with Gasteiger partial charge in [-0.25, -0.2) is 4.98 Å². The quantitative estimate of drug-likeness (QED) is 0.581. The number of hydrogen-bond acceptors (Lipinski definition) is 5. The maximum absolute atomic E-state index is 11.9. The van der Waals surface area contributed by atoms with Gasteiger partial charge in [-0.2, -0.15) is 0 Å². The van der Waals surface area contributed by atoms with Crippen LogP contribution in [0.2, 0.25) is 0 Å². The van der Waals surface area contributed by atoms with Crippen LogP contribution in [0.5, 0.6) is 0 Å². The van der Waals surface area contributed by atoms with Crippen molar-refractivity contribution in [3.63, 3.8) is 0 Å². The van der Waals surface area contributed by atoms with E-state index in [9.17, 15) is 4.79 Å². The Labute approximate surface area is 146 Å². The third-order valence-corrected chi connectivity index (χ3v) is 3.77. The summed E-state index contributed by atoms with van der Waals surface area (Å²) < 4.78 is 11.4. The average molecular weight is 336 g/mol. The SMILES string of the molecule is CC(=O)C(OCCCc1ccccc1)c1ncc(-c2ccccn2)o1. The molecule has 128 valence electrons. The Bertz CT molecular complexity index is 800. The van der Waals surface area contributed by atoms with E-state index in [4.69, 9.17) is 9.15 Å². The van der Waals surface area contributed by atoms with Gasteiger partial charge in [-0.15, -0.1) is 0 Å². The van der Waals surface area contributed by atoms with Crippen LogP contribution in [-0.4, -0.2) is 22.4 Å². The van der Waals surface area contributed by atoms with Crippen molar-refractivity contribution in [2.45, 2.75) is 25.9 Å². The largest absolute Gasteiger partial charge is 0.436 e. The molecule has 3 aromatic rings. The fraction of sp³-hybridized carbons (Fsp3) is 0.250. The first-order valence-corrected chi connectivity index (χ1v) is 8.27. The van der Waals surface area contributed by atoms with E-state index in [1.807, 2.05) is 36.4 Å². The Morgan fingerprint density at radius 3 is 2.64 bits per heavy atom. The minimum absolute atomic E-state index is 0.130. The molecule has 0 aliphatic carbocycles. The number of nitrogens with zero attached hydrogens (tertiary/aromatic N) is 2. The molecule has 1 aromatic carbocycles. The predicted octanol–water partition coefficient (Wildman–Crippen LogP) is 4.02. The van der Waals surface area contributed by atoms with E-state index >= 15 is 0 Å². The molecule has 1 unspecified atom stereocenters. The van der Waals surface area contributed by atoms with Crippen molar-refractivity contribution in [1.29, 1.82) is 0 Å². The van der Waals surface area contributed by atoms with Crippen molar-refractivity contribution < 1.29 is 13.9 Å². The van der Waals surface area contributed by atoms with Crippen LogP contribution in [-0.2, 0) is 16.0 Å². The van der Waals surface area contributed by atoms with E-state index in [2.05, 4.69) is 22.1 Å². The molecule has 5 nitrogen and oxygen atoms in total. The molecule has 2 heterocycles. The topological polar surface area (TPSA) is 65.2 Å². The van der Waals surface area contributed by atoms with E-state index in [1.54, 1.807) is 12.4 Å². The molecular formula is C20H20N2O3. The van der Waals surface area contributed by atoms with Crippen molar-refractivity contribution in [1.82, 2.24) is 9.97 Å². The summed E-state index contributed by atoms with van der Waals surface area (Å²) in [6.45, 7) is 1.94. The second-order valence-corrected chi connectivity index (χ2v) is 5.73. The molecule has 0 radical (unpaired) electrons. The van der Waals surface area contributed by atoms with Crippen LogP contribution in [0.1, 0.15) is 30.9 Å². The van der Waals surface area contributed by atoms with Gasteiger partial charge in [-0.1, -0.05) is 36.4 Å². The Morgan fingerprint density at radius 2 is 1.92 bits per heavy atom. The minimum atomic E-state index is -0.784. The fourth-order valence-corrected chi connectivity index (χ4v) is 2.52. The number of pyridine rings is 1. The number of carbonyl (C=O) groups is 1. The predicted molar refractivity (Wildman–Crippen MR) is 93.9 cm³/mol. The first kappa shape index (κ1) is 17.0. The number of Topliss-reactive ketones (excluding diaryl/α,β-unsaturated/α-hetero) is 1. The van der Waals surface area contributed by atoms with Gasteiger partial charge in [-0.05, 0) is 37.5 Å². The second kappa shape index (κ2) is 8.35. The number of rotatable bonds is 8. The van der Waals surface area contributed by atoms with Crippen molar-refractivity contribution in [3.8, 4) is 11.5 Å². The highest BCUT2D eigenvalue weighted by atomic mass is 16.5. The third kappa shape index (κ3) is 4.61. The van der Waals surface area contributed by atoms with Gasteiger partial charge in [0.05, 0.1) is 6.20 Å². The maximum atomic E-state index is 11.9. The first-order valence-electron chi connectivity index (χ1n) is 8.27. The zero-order valence-corrected chi connectivity index (χ0v) is 14.1. The second-order valence-electron chi connectivity index (χ2n) is 5.73. The average Bonchev–Trinajstić information content (AvgIpc) is 3.12. The molecule has 1 atom stereocenters. The van der Waals surface area contributed by atoms with E-state index in [0.717, 1.165) is 12.8 Å². The Hall–Kier alpha value is -2.79. The zero-order valence-electron chi connectivity index (χ0n) is 14.1. The summed E-state index contributed by atoms with van der Waals surface area (Å²) in [6, 6.07) is 15.7. The van der Waals surface area contributed by atoms with E-state index in [0.29, 0.717) is 18.1 Å². The van der Waals surface area contributed by atoms with Crippen LogP contribution >= 0.6 is 0 Å². The zero-order chi connectivity index (χ0) is 17.5. The molecule has 0 spiro atoms. The number of ether oxygens (including phenoxy) is 1. The van der Waals surface area contributed by atoms with Crippen LogP contribution in [0.4, 0.5) is 0 Å². The lowest BCUT2D eigenvalue weighted by atomic mass is 10.1. The van der Waals surface area contributed by atoms with Crippen LogP contribution in [0.25, 0.3) is 11.5 Å². The fourth-order valence-electron chi connectivity index (χ4n) is 2.52. The standard InChI is InChI=1S/C20H20N2O3/c1-15(23)19(24-13-7-10-16-8-3-2-4-9-16)20-22-14-18(25-20)17-11-5-6-12-21-17/h2-6,8-9,11-12,14,19H,7,10,13H2,1H3. The molecule has 0 aliphatic rings. The summed E-state index contributed by atoms with van der Waals surface area (Å²) in [5.41, 5.74) is 1.92. The van der Waals surface area contributed by atoms with E-state index < -0.39 is 6.10 Å². The highest BCUT2D eigenvalue weighted by molar-refractivity contribution is 5.80. The first-order chi connectivity index (χ1) is 12.2. The molecule has 2 aromatic heterocycles. The number of benzene rings is 1. The van der Waals surface area contributed by atoms with Gasteiger partial charge in [0.25, 0.3) is 0 Å². The lowest BCUT2D eigenvalue weighted by molar-refractivity contribution is -0.130. The summed E-state index contributed by atoms with van der Waals surface area (Å²) in [7, 11) is 0. The van der Waals surface area contributed by atoms with E-state index in [-0.39, 0.29) is 11.7 Å². The van der Waals surface area contributed by atoms with Crippen molar-refractivity contribution in [3.05, 3.63) is 72.4 Å². The summed E-state index contributed by atoms with van der Waals surface area (Å²) in [5.74, 6) is 0.664. The van der Waals surface area contributed by atoms with Crippen LogP contribution in [0.3, 0.4) is 0 Å². The monoisotopic (exact) mass is 336 g/mol. The van der Waals surface area contributed by atoms with Crippen LogP contribution in [0, 0.1) is 0 Å². The molecule has 0 aliphatic heterocycles. The van der Waals surface area contributed by atoms with Gasteiger partial charge in [0.15, 0.2) is 17.6 Å². The molecule has 0 fully saturated rings. The number of carbonyl (C=O) groups excluding carboxylic acids is 1. The van der Waals surface area contributed by atoms with Gasteiger partial charge in [0.2, 0.25) is 5.89 Å². The maximum Gasteiger partial charge on any atom is 0.231 e. The minimum Gasteiger partial charge on any atom is -0.436 e. The van der Waals surface area contributed by atoms with E-state index in [1.165, 1.54) is 12.5 Å². The lowest BCUT2D eigenvalue weighted by Gasteiger charge is -2.11. The summed E-state index contributed by atoms with van der Waals surface area (Å²) in [4.78, 5) is 20.3. The third-order valence-electron chi connectivity index (χ3n) is 3.77. The Morgan fingerprint density at radius 1 is 1.12 bits per heavy atom. The summed E-state index contributed by atoms with van der Waals surface area (Å²) >= 11 is 0. The number of hydrogen-bond donors (Lipinski definition) is 0. The molecule has 0 N–H and O–H groups in total. The van der Waals surface area contributed by atoms with Crippen molar-refractivity contribution in [2.24, 2.45) is 0 Å². The molecule has 0 bridgehead atoms. The van der Waals surface area contributed by atoms with Crippen LogP contribution in [0.15, 0.2) is 65.3 Å². The van der Waals surface area contributed by atoms with Gasteiger partial charge >= 0.3 is 0 Å². The summed E-state index contributed by atoms with van der Waals surface area (Å²) in [5, 5.41) is 0. The number of aryl methyl sites for hydroxylation is 1. The molecule has 25 heavy (non-hydrogen) atoms. The summed E-state index contributed by atoms with van der Waals surface area (Å²) in [6.07, 6.45) is 4.19. The van der Waals surface area contributed by atoms with Gasteiger partial charge in [0, 0.05) is 12.8 Å². The Kier molecular flexibility index (Phi) is 5.69. The molecule has 0 amide bonds. The van der Waals surface area contributed by atoms with Crippen molar-refractivity contribution in [2.75, 3.05) is 6.61 Å². The lowest BCUT2D eigenvalue weighted by Crippen LogP contribution is -2.14. The number of aromatic nitrogens is 2.